The minimum Gasteiger partial charge on any atom is -0.496 e. The van der Waals surface area contributed by atoms with Crippen molar-refractivity contribution in [3.8, 4) is 5.75 Å². The van der Waals surface area contributed by atoms with Gasteiger partial charge in [0.15, 0.2) is 0 Å². The quantitative estimate of drug-likeness (QED) is 0.844. The van der Waals surface area contributed by atoms with E-state index in [-0.39, 0.29) is 0 Å². The van der Waals surface area contributed by atoms with Crippen LogP contribution in [0.1, 0.15) is 32.4 Å². The van der Waals surface area contributed by atoms with Crippen LogP contribution in [0.3, 0.4) is 0 Å². The molecule has 0 aliphatic heterocycles. The zero-order chi connectivity index (χ0) is 13.7. The van der Waals surface area contributed by atoms with Gasteiger partial charge in [0.2, 0.25) is 0 Å². The molecule has 0 aliphatic rings. The molecule has 18 heavy (non-hydrogen) atoms. The van der Waals surface area contributed by atoms with Crippen LogP contribution in [-0.4, -0.2) is 36.8 Å². The molecule has 1 rings (SSSR count). The monoisotopic (exact) mass is 251 g/mol. The van der Waals surface area contributed by atoms with Crippen LogP contribution < -0.4 is 4.74 Å². The van der Waals surface area contributed by atoms with Crippen molar-refractivity contribution < 1.29 is 9.84 Å². The van der Waals surface area contributed by atoms with Gasteiger partial charge in [0, 0.05) is 18.2 Å². The molecule has 0 bridgehead atoms. The van der Waals surface area contributed by atoms with Crippen molar-refractivity contribution in [1.82, 2.24) is 4.90 Å². The van der Waals surface area contributed by atoms with Crippen LogP contribution in [0.4, 0.5) is 0 Å². The summed E-state index contributed by atoms with van der Waals surface area (Å²) < 4.78 is 5.28. The summed E-state index contributed by atoms with van der Waals surface area (Å²) in [5.41, 5.74) is 0.850. The topological polar surface area (TPSA) is 32.7 Å². The first-order chi connectivity index (χ1) is 8.47. The minimum absolute atomic E-state index is 0.439. The maximum Gasteiger partial charge on any atom is 0.124 e. The van der Waals surface area contributed by atoms with Crippen LogP contribution in [0.25, 0.3) is 0 Å². The number of hydrogen-bond donors (Lipinski definition) is 1. The zero-order valence-corrected chi connectivity index (χ0v) is 12.1. The smallest absolute Gasteiger partial charge is 0.124 e. The van der Waals surface area contributed by atoms with Gasteiger partial charge in [0.25, 0.3) is 0 Å². The highest BCUT2D eigenvalue weighted by Gasteiger charge is 2.19. The van der Waals surface area contributed by atoms with Crippen molar-refractivity contribution in [3.05, 3.63) is 29.8 Å². The Kier molecular flexibility index (Phi) is 5.63. The van der Waals surface area contributed by atoms with E-state index in [4.69, 9.17) is 4.74 Å². The van der Waals surface area contributed by atoms with Gasteiger partial charge in [-0.3, -0.25) is 0 Å². The molecule has 1 N–H and O–H groups in total. The highest BCUT2D eigenvalue weighted by molar-refractivity contribution is 5.35. The van der Waals surface area contributed by atoms with Crippen LogP contribution in [0.5, 0.6) is 5.75 Å². The first-order valence-electron chi connectivity index (χ1n) is 6.48. The fraction of sp³-hybridized carbons (Fsp3) is 0.600. The molecule has 3 heteroatoms. The molecular weight excluding hydrogens is 226 g/mol. The fourth-order valence-corrected chi connectivity index (χ4v) is 1.99. The zero-order valence-electron chi connectivity index (χ0n) is 12.1. The Morgan fingerprint density at radius 1 is 1.22 bits per heavy atom. The second-order valence-electron chi connectivity index (χ2n) is 5.18. The van der Waals surface area contributed by atoms with Gasteiger partial charge in [-0.2, -0.15) is 0 Å². The molecule has 0 saturated heterocycles. The summed E-state index contributed by atoms with van der Waals surface area (Å²) in [4.78, 5) is 2.18. The van der Waals surface area contributed by atoms with Crippen molar-refractivity contribution in [3.63, 3.8) is 0 Å². The van der Waals surface area contributed by atoms with Crippen molar-refractivity contribution >= 4 is 0 Å². The third kappa shape index (κ3) is 3.72. The Morgan fingerprint density at radius 3 is 2.39 bits per heavy atom. The van der Waals surface area contributed by atoms with E-state index in [1.165, 1.54) is 0 Å². The number of rotatable bonds is 6. The molecule has 0 spiro atoms. The Morgan fingerprint density at radius 2 is 1.83 bits per heavy atom. The Labute approximate surface area is 110 Å². The second-order valence-corrected chi connectivity index (χ2v) is 5.18. The Hall–Kier alpha value is -1.06. The molecule has 0 heterocycles. The molecule has 2 atom stereocenters. The van der Waals surface area contributed by atoms with E-state index in [9.17, 15) is 5.11 Å². The van der Waals surface area contributed by atoms with Crippen LogP contribution in [0.2, 0.25) is 0 Å². The van der Waals surface area contributed by atoms with Gasteiger partial charge in [-0.15, -0.1) is 0 Å². The van der Waals surface area contributed by atoms with Gasteiger partial charge in [0.1, 0.15) is 5.75 Å². The third-order valence-electron chi connectivity index (χ3n) is 3.62. The number of aliphatic hydroxyl groups excluding tert-OH is 1. The molecule has 0 amide bonds. The van der Waals surface area contributed by atoms with E-state index in [0.29, 0.717) is 18.5 Å². The average Bonchev–Trinajstić information content (AvgIpc) is 2.37. The molecule has 102 valence electrons. The molecule has 0 radical (unpaired) electrons. The third-order valence-corrected chi connectivity index (χ3v) is 3.62. The highest BCUT2D eigenvalue weighted by Crippen LogP contribution is 2.25. The largest absolute Gasteiger partial charge is 0.496 e. The first-order valence-corrected chi connectivity index (χ1v) is 6.48. The molecule has 0 saturated carbocycles. The van der Waals surface area contributed by atoms with Crippen molar-refractivity contribution in [2.75, 3.05) is 20.7 Å². The maximum atomic E-state index is 10.3. The molecule has 3 nitrogen and oxygen atoms in total. The van der Waals surface area contributed by atoms with E-state index < -0.39 is 6.10 Å². The minimum atomic E-state index is -0.521. The lowest BCUT2D eigenvalue weighted by atomic mass is 10.0. The number of para-hydroxylation sites is 1. The number of hydrogen-bond acceptors (Lipinski definition) is 3. The summed E-state index contributed by atoms with van der Waals surface area (Å²) in [6.45, 7) is 7.17. The molecule has 0 fully saturated rings. The van der Waals surface area contributed by atoms with E-state index in [1.54, 1.807) is 7.11 Å². The SMILES string of the molecule is COc1ccccc1C(O)CN(C)C(C)C(C)C. The number of likely N-dealkylation sites (N-methyl/N-ethyl adjacent to an activating group) is 1. The van der Waals surface area contributed by atoms with Crippen LogP contribution in [0, 0.1) is 5.92 Å². The van der Waals surface area contributed by atoms with Gasteiger partial charge in [-0.25, -0.2) is 0 Å². The van der Waals surface area contributed by atoms with Crippen LogP contribution in [0.15, 0.2) is 24.3 Å². The Bertz CT molecular complexity index is 365. The summed E-state index contributed by atoms with van der Waals surface area (Å²) >= 11 is 0. The summed E-state index contributed by atoms with van der Waals surface area (Å²) in [5.74, 6) is 1.32. The first kappa shape index (κ1) is 15.0. The fourth-order valence-electron chi connectivity index (χ4n) is 1.99. The molecule has 0 aliphatic carbocycles. The van der Waals surface area contributed by atoms with Gasteiger partial charge in [-0.05, 0) is 26.0 Å². The number of ether oxygens (including phenoxy) is 1. The molecule has 0 aromatic heterocycles. The Balaban J connectivity index is 2.73. The highest BCUT2D eigenvalue weighted by atomic mass is 16.5. The van der Waals surface area contributed by atoms with Gasteiger partial charge in [0.05, 0.1) is 13.2 Å². The average molecular weight is 251 g/mol. The van der Waals surface area contributed by atoms with E-state index in [2.05, 4.69) is 25.7 Å². The number of benzene rings is 1. The maximum absolute atomic E-state index is 10.3. The molecular formula is C15H25NO2. The van der Waals surface area contributed by atoms with Crippen molar-refractivity contribution in [2.24, 2.45) is 5.92 Å². The van der Waals surface area contributed by atoms with Crippen LogP contribution in [-0.2, 0) is 0 Å². The van der Waals surface area contributed by atoms with Gasteiger partial charge >= 0.3 is 0 Å². The standard InChI is InChI=1S/C15H25NO2/c1-11(2)12(3)16(4)10-14(17)13-8-6-7-9-15(13)18-5/h6-9,11-12,14,17H,10H2,1-5H3. The van der Waals surface area contributed by atoms with Gasteiger partial charge < -0.3 is 14.7 Å². The lowest BCUT2D eigenvalue weighted by Crippen LogP contribution is -2.36. The summed E-state index contributed by atoms with van der Waals surface area (Å²) in [6.07, 6.45) is -0.521. The second kappa shape index (κ2) is 6.76. The van der Waals surface area contributed by atoms with Gasteiger partial charge in [-0.1, -0.05) is 32.0 Å². The number of methoxy groups -OCH3 is 1. The lowest BCUT2D eigenvalue weighted by molar-refractivity contribution is 0.0936. The summed E-state index contributed by atoms with van der Waals surface area (Å²) in [7, 11) is 3.68. The molecule has 2 unspecified atom stereocenters. The summed E-state index contributed by atoms with van der Waals surface area (Å²) in [6, 6.07) is 8.07. The van der Waals surface area contributed by atoms with Crippen molar-refractivity contribution in [2.45, 2.75) is 32.9 Å². The normalized spacial score (nSPS) is 14.9. The predicted molar refractivity (Wildman–Crippen MR) is 74.9 cm³/mol. The van der Waals surface area contributed by atoms with E-state index in [1.807, 2.05) is 31.3 Å². The number of aliphatic hydroxyl groups is 1. The van der Waals surface area contributed by atoms with E-state index in [0.717, 1.165) is 11.3 Å². The lowest BCUT2D eigenvalue weighted by Gasteiger charge is -2.30. The summed E-state index contributed by atoms with van der Waals surface area (Å²) in [5, 5.41) is 10.3. The predicted octanol–water partition coefficient (Wildman–Crippen LogP) is 2.70. The number of nitrogens with zero attached hydrogens (tertiary/aromatic N) is 1. The van der Waals surface area contributed by atoms with Crippen LogP contribution >= 0.6 is 0 Å². The molecule has 1 aromatic carbocycles. The van der Waals surface area contributed by atoms with Crippen molar-refractivity contribution in [1.29, 1.82) is 0 Å². The van der Waals surface area contributed by atoms with E-state index >= 15 is 0 Å². The molecule has 1 aromatic rings.